The molecule has 0 radical (unpaired) electrons. The Bertz CT molecular complexity index is 196. The van der Waals surface area contributed by atoms with Crippen molar-refractivity contribution in [3.05, 3.63) is 20.6 Å². The molecule has 0 aliphatic carbocycles. The number of thiol groups is 1. The molecule has 0 bridgehead atoms. The van der Waals surface area contributed by atoms with Crippen LogP contribution in [0.25, 0.3) is 0 Å². The van der Waals surface area contributed by atoms with Crippen molar-refractivity contribution in [2.75, 3.05) is 5.75 Å². The molecule has 0 fully saturated rings. The molecule has 6 heteroatoms. The lowest BCUT2D eigenvalue weighted by atomic mass is 10.9. The highest BCUT2D eigenvalue weighted by Crippen LogP contribution is 2.17. The van der Waals surface area contributed by atoms with Gasteiger partial charge in [0.1, 0.15) is 4.24 Å². The van der Waals surface area contributed by atoms with Crippen molar-refractivity contribution in [2.45, 2.75) is 0 Å². The summed E-state index contributed by atoms with van der Waals surface area (Å²) in [6.45, 7) is 0. The number of hydrogen-bond acceptors (Lipinski definition) is 5. The first-order chi connectivity index (χ1) is 4.66. The summed E-state index contributed by atoms with van der Waals surface area (Å²) in [6, 6.07) is 1.82. The van der Waals surface area contributed by atoms with Crippen LogP contribution in [-0.2, 0) is 0 Å². The molecule has 0 saturated carbocycles. The minimum Gasteiger partial charge on any atom is -0.259 e. The Morgan fingerprint density at radius 2 is 2.60 bits per heavy atom. The van der Waals surface area contributed by atoms with E-state index in [-0.39, 0.29) is 9.99 Å². The number of nitriles is 1. The van der Waals surface area contributed by atoms with Gasteiger partial charge in [0.05, 0.1) is 16.7 Å². The van der Waals surface area contributed by atoms with Gasteiger partial charge >= 0.3 is 0 Å². The van der Waals surface area contributed by atoms with Crippen LogP contribution in [-0.4, -0.2) is 10.7 Å². The van der Waals surface area contributed by atoms with Gasteiger partial charge in [0.15, 0.2) is 0 Å². The number of rotatable bonds is 3. The number of thioether (sulfide) groups is 1. The zero-order chi connectivity index (χ0) is 7.98. The van der Waals surface area contributed by atoms with Crippen molar-refractivity contribution in [3.8, 4) is 6.07 Å². The first kappa shape index (κ1) is 9.33. The monoisotopic (exact) mass is 176 g/mol. The van der Waals surface area contributed by atoms with Crippen LogP contribution in [0, 0.1) is 21.4 Å². The van der Waals surface area contributed by atoms with Gasteiger partial charge in [-0.3, -0.25) is 10.1 Å². The zero-order valence-electron chi connectivity index (χ0n) is 4.85. The van der Waals surface area contributed by atoms with Gasteiger partial charge < -0.3 is 0 Å². The van der Waals surface area contributed by atoms with E-state index in [9.17, 15) is 10.1 Å². The topological polar surface area (TPSA) is 66.9 Å². The van der Waals surface area contributed by atoms with E-state index in [0.717, 1.165) is 18.0 Å². The van der Waals surface area contributed by atoms with Crippen molar-refractivity contribution in [3.63, 3.8) is 0 Å². The van der Waals surface area contributed by atoms with E-state index in [0.29, 0.717) is 0 Å². The van der Waals surface area contributed by atoms with E-state index in [4.69, 9.17) is 5.26 Å². The third kappa shape index (κ3) is 5.47. The molecule has 4 nitrogen and oxygen atoms in total. The molecule has 0 spiro atoms. The quantitative estimate of drug-likeness (QED) is 0.399. The number of hydrogen-bond donors (Lipinski definition) is 1. The molecule has 0 atom stereocenters. The Kier molecular flexibility index (Phi) is 4.80. The molecule has 0 N–H and O–H groups in total. The Labute approximate surface area is 67.5 Å². The summed E-state index contributed by atoms with van der Waals surface area (Å²) >= 11 is 4.76. The van der Waals surface area contributed by atoms with Gasteiger partial charge in [-0.25, -0.2) is 0 Å². The second-order valence-electron chi connectivity index (χ2n) is 1.20. The molecule has 0 saturated heterocycles. The fourth-order valence-electron chi connectivity index (χ4n) is 0.234. The summed E-state index contributed by atoms with van der Waals surface area (Å²) in [5, 5.41) is 17.8. The predicted octanol–water partition coefficient (Wildman–Crippen LogP) is 1.25. The molecular weight excluding hydrogens is 172 g/mol. The van der Waals surface area contributed by atoms with Gasteiger partial charge in [0.25, 0.3) is 6.20 Å². The normalized spacial score (nSPS) is 10.6. The van der Waals surface area contributed by atoms with E-state index >= 15 is 0 Å². The van der Waals surface area contributed by atoms with Gasteiger partial charge in [-0.2, -0.15) is 5.26 Å². The largest absolute Gasteiger partial charge is 0.259 e. The Hall–Kier alpha value is -0.670. The molecule has 0 aromatic rings. The molecule has 54 valence electrons. The Morgan fingerprint density at radius 1 is 2.00 bits per heavy atom. The van der Waals surface area contributed by atoms with Gasteiger partial charge in [-0.1, -0.05) is 11.8 Å². The third-order valence-electron chi connectivity index (χ3n) is 0.500. The molecule has 0 aromatic carbocycles. The second-order valence-corrected chi connectivity index (χ2v) is 3.00. The van der Waals surface area contributed by atoms with E-state index in [2.05, 4.69) is 12.6 Å². The lowest BCUT2D eigenvalue weighted by molar-refractivity contribution is -0.402. The van der Waals surface area contributed by atoms with Crippen LogP contribution < -0.4 is 0 Å². The Balaban J connectivity index is 3.74. The summed E-state index contributed by atoms with van der Waals surface area (Å²) in [4.78, 5) is 9.15. The van der Waals surface area contributed by atoms with E-state index < -0.39 is 4.92 Å². The lowest BCUT2D eigenvalue weighted by Crippen LogP contribution is -1.83. The zero-order valence-corrected chi connectivity index (χ0v) is 6.56. The SMILES string of the molecule is N#CCS/C(S)=C/[N+](=O)[O-]. The summed E-state index contributed by atoms with van der Waals surface area (Å²) < 4.78 is 0.242. The molecular formula is C4H4N2O2S2. The van der Waals surface area contributed by atoms with Crippen LogP contribution in [0.2, 0.25) is 0 Å². The second kappa shape index (κ2) is 5.14. The third-order valence-corrected chi connectivity index (χ3v) is 1.68. The Morgan fingerprint density at radius 3 is 3.00 bits per heavy atom. The minimum absolute atomic E-state index is 0.184. The molecule has 0 aliphatic heterocycles. The van der Waals surface area contributed by atoms with E-state index in [1.165, 1.54) is 0 Å². The van der Waals surface area contributed by atoms with Crippen LogP contribution in [0.1, 0.15) is 0 Å². The molecule has 0 aliphatic rings. The summed E-state index contributed by atoms with van der Waals surface area (Å²) in [5.74, 6) is 0.184. The van der Waals surface area contributed by atoms with Crippen molar-refractivity contribution in [2.24, 2.45) is 0 Å². The van der Waals surface area contributed by atoms with Gasteiger partial charge in [-0.05, 0) is 0 Å². The smallest absolute Gasteiger partial charge is 0.254 e. The van der Waals surface area contributed by atoms with E-state index in [1.54, 1.807) is 0 Å². The standard InChI is InChI=1S/C4H4N2O2S2/c5-1-2-10-4(9)3-6(7)8/h3,9H,2H2/b4-3+. The number of nitro groups is 1. The maximum Gasteiger partial charge on any atom is 0.254 e. The summed E-state index contributed by atoms with van der Waals surface area (Å²) in [5.41, 5.74) is 0. The fraction of sp³-hybridized carbons (Fsp3) is 0.250. The highest BCUT2D eigenvalue weighted by molar-refractivity contribution is 8.15. The van der Waals surface area contributed by atoms with Crippen molar-refractivity contribution in [1.29, 1.82) is 5.26 Å². The minimum atomic E-state index is -0.604. The first-order valence-corrected chi connectivity index (χ1v) is 3.64. The average Bonchev–Trinajstić information content (AvgIpc) is 1.82. The predicted molar refractivity (Wildman–Crippen MR) is 42.1 cm³/mol. The van der Waals surface area contributed by atoms with Crippen molar-refractivity contribution >= 4 is 24.4 Å². The molecule has 0 aromatic heterocycles. The maximum absolute atomic E-state index is 9.76. The molecule has 10 heavy (non-hydrogen) atoms. The summed E-state index contributed by atoms with van der Waals surface area (Å²) in [6.07, 6.45) is 0.755. The van der Waals surface area contributed by atoms with Crippen molar-refractivity contribution in [1.82, 2.24) is 0 Å². The van der Waals surface area contributed by atoms with Gasteiger partial charge in [0.2, 0.25) is 0 Å². The van der Waals surface area contributed by atoms with Crippen LogP contribution >= 0.6 is 24.4 Å². The molecule has 0 heterocycles. The molecule has 0 unspecified atom stereocenters. The molecule has 0 amide bonds. The van der Waals surface area contributed by atoms with Crippen LogP contribution in [0.5, 0.6) is 0 Å². The summed E-state index contributed by atoms with van der Waals surface area (Å²) in [7, 11) is 0. The fourth-order valence-corrected chi connectivity index (χ4v) is 0.895. The molecule has 0 rings (SSSR count). The number of nitrogens with zero attached hydrogens (tertiary/aromatic N) is 2. The van der Waals surface area contributed by atoms with Gasteiger partial charge in [0, 0.05) is 0 Å². The lowest BCUT2D eigenvalue weighted by Gasteiger charge is -1.87. The maximum atomic E-state index is 9.76. The highest BCUT2D eigenvalue weighted by atomic mass is 32.2. The van der Waals surface area contributed by atoms with Crippen LogP contribution in [0.15, 0.2) is 10.4 Å². The van der Waals surface area contributed by atoms with Crippen LogP contribution in [0.4, 0.5) is 0 Å². The van der Waals surface area contributed by atoms with Gasteiger partial charge in [-0.15, -0.1) is 12.6 Å². The van der Waals surface area contributed by atoms with Crippen molar-refractivity contribution < 1.29 is 4.92 Å². The first-order valence-electron chi connectivity index (χ1n) is 2.21. The highest BCUT2D eigenvalue weighted by Gasteiger charge is 1.95. The van der Waals surface area contributed by atoms with E-state index in [1.807, 2.05) is 6.07 Å². The van der Waals surface area contributed by atoms with Crippen LogP contribution in [0.3, 0.4) is 0 Å². The average molecular weight is 176 g/mol.